The fourth-order valence-corrected chi connectivity index (χ4v) is 0. The van der Waals surface area contributed by atoms with Crippen molar-refractivity contribution in [1.29, 1.82) is 0 Å². The van der Waals surface area contributed by atoms with Crippen molar-refractivity contribution in [3.63, 3.8) is 0 Å². The second-order valence-corrected chi connectivity index (χ2v) is 0. The van der Waals surface area contributed by atoms with Crippen molar-refractivity contribution in [3.05, 3.63) is 0 Å². The van der Waals surface area contributed by atoms with Crippen molar-refractivity contribution in [2.45, 2.75) is 0 Å². The predicted octanol–water partition coefficient (Wildman–Crippen LogP) is 1.41. The maximum absolute atomic E-state index is 8.25. The van der Waals surface area contributed by atoms with Crippen LogP contribution >= 0.6 is 49.6 Å². The first-order valence-electron chi connectivity index (χ1n) is 0.204. The second kappa shape index (κ2) is 78.5. The predicted molar refractivity (Wildman–Crippen MR) is 37.7 cm³/mol. The molecule has 0 N–H and O–H groups in total. The molecule has 0 aliphatic carbocycles. The molecule has 0 heterocycles. The molecule has 0 saturated carbocycles. The summed E-state index contributed by atoms with van der Waals surface area (Å²) >= 11 is 0.750. The minimum absolute atomic E-state index is 0. The Morgan fingerprint density at radius 3 is 0.857 bits per heavy atom. The van der Waals surface area contributed by atoms with Gasteiger partial charge in [-0.05, 0) is 0 Å². The van der Waals surface area contributed by atoms with Crippen LogP contribution in [0.25, 0.3) is 0 Å². The molecule has 0 unspecified atom stereocenters. The number of hydrogen-bond acceptors (Lipinski definition) is 1. The third-order valence-corrected chi connectivity index (χ3v) is 0. The standard InChI is InChI=1S/4ClH.Mg.O.Ti.2H/h4*1H;;;;;/q;;;;+2;;;2*-1. The molecule has 0 aliphatic heterocycles. The molecule has 0 bridgehead atoms. The molecule has 0 radical (unpaired) electrons. The first-order chi connectivity index (χ1) is 1.00. The Hall–Kier alpha value is 2.44. The van der Waals surface area contributed by atoms with E-state index in [9.17, 15) is 0 Å². The Balaban J connectivity index is -0.000000000238. The van der Waals surface area contributed by atoms with Gasteiger partial charge in [0.1, 0.15) is 0 Å². The molecule has 0 aromatic heterocycles. The summed E-state index contributed by atoms with van der Waals surface area (Å²) in [6.45, 7) is 0. The molecule has 0 atom stereocenters. The third kappa shape index (κ3) is 58.8. The van der Waals surface area contributed by atoms with Crippen molar-refractivity contribution in [1.82, 2.24) is 0 Å². The van der Waals surface area contributed by atoms with E-state index in [2.05, 4.69) is 0 Å². The molecule has 7 heavy (non-hydrogen) atoms. The summed E-state index contributed by atoms with van der Waals surface area (Å²) in [5.74, 6) is 0. The van der Waals surface area contributed by atoms with Crippen molar-refractivity contribution < 1.29 is 26.6 Å². The fourth-order valence-electron chi connectivity index (χ4n) is 0. The van der Waals surface area contributed by atoms with Crippen molar-refractivity contribution in [3.8, 4) is 0 Å². The van der Waals surface area contributed by atoms with E-state index in [0.717, 1.165) is 20.4 Å². The quantitative estimate of drug-likeness (QED) is 0.581. The number of halogens is 4. The van der Waals surface area contributed by atoms with E-state index in [4.69, 9.17) is 3.32 Å². The summed E-state index contributed by atoms with van der Waals surface area (Å²) in [6.07, 6.45) is 0. The summed E-state index contributed by atoms with van der Waals surface area (Å²) in [6, 6.07) is 0. The van der Waals surface area contributed by atoms with Gasteiger partial charge in [0.25, 0.3) is 0 Å². The van der Waals surface area contributed by atoms with Crippen molar-refractivity contribution >= 4 is 72.7 Å². The van der Waals surface area contributed by atoms with E-state index in [1.165, 1.54) is 0 Å². The van der Waals surface area contributed by atoms with E-state index in [1.54, 1.807) is 0 Å². The zero-order valence-electron chi connectivity index (χ0n) is 5.25. The Labute approximate surface area is 98.2 Å². The van der Waals surface area contributed by atoms with Gasteiger partial charge in [0.05, 0.1) is 0 Å². The summed E-state index contributed by atoms with van der Waals surface area (Å²) in [5.41, 5.74) is 0. The van der Waals surface area contributed by atoms with Gasteiger partial charge in [0.2, 0.25) is 0 Å². The number of rotatable bonds is 0. The van der Waals surface area contributed by atoms with E-state index < -0.39 is 0 Å². The summed E-state index contributed by atoms with van der Waals surface area (Å²) in [5, 5.41) is 0. The normalized spacial score (nSPS) is 0.429. The third-order valence-electron chi connectivity index (χ3n) is 0. The molecule has 0 spiro atoms. The van der Waals surface area contributed by atoms with Crippen LogP contribution in [-0.4, -0.2) is 23.1 Å². The molecule has 0 saturated heterocycles. The van der Waals surface area contributed by atoms with Gasteiger partial charge in [-0.3, -0.25) is 0 Å². The number of hydrogen-bond donors (Lipinski definition) is 0. The van der Waals surface area contributed by atoms with Gasteiger partial charge in [-0.2, -0.15) is 0 Å². The van der Waals surface area contributed by atoms with E-state index in [-0.39, 0.29) is 75.5 Å². The molecule has 0 aromatic rings. The molecular weight excluding hydrogens is 230 g/mol. The average Bonchev–Trinajstić information content (AvgIpc) is 1.00. The van der Waals surface area contributed by atoms with Crippen LogP contribution in [0, 0.1) is 0 Å². The second-order valence-electron chi connectivity index (χ2n) is 0. The van der Waals surface area contributed by atoms with Crippen LogP contribution in [0.3, 0.4) is 0 Å². The first-order valence-corrected chi connectivity index (χ1v) is 0.842. The maximum atomic E-state index is 8.25. The molecule has 0 fully saturated rings. The van der Waals surface area contributed by atoms with Crippen LogP contribution in [0.15, 0.2) is 0 Å². The molecular formula is H6Cl4MgOTi. The zero-order valence-corrected chi connectivity index (χ0v) is 9.49. The summed E-state index contributed by atoms with van der Waals surface area (Å²) in [4.78, 5) is 0. The Kier molecular flexibility index (Phi) is 637. The summed E-state index contributed by atoms with van der Waals surface area (Å²) in [7, 11) is 0. The summed E-state index contributed by atoms with van der Waals surface area (Å²) < 4.78 is 8.25. The Morgan fingerprint density at radius 1 is 0.857 bits per heavy atom. The SMILES string of the molecule is Cl.Cl.Cl.Cl.[H-].[H-].[Mg+2].[O]=[Ti]. The van der Waals surface area contributed by atoms with Gasteiger partial charge in [-0.1, -0.05) is 0 Å². The van der Waals surface area contributed by atoms with Crippen molar-refractivity contribution in [2.75, 3.05) is 0 Å². The monoisotopic (exact) mass is 234 g/mol. The zero-order chi connectivity index (χ0) is 2.00. The van der Waals surface area contributed by atoms with Crippen LogP contribution in [0.5, 0.6) is 0 Å². The molecule has 0 aliphatic rings. The van der Waals surface area contributed by atoms with Gasteiger partial charge in [-0.15, -0.1) is 49.6 Å². The van der Waals surface area contributed by atoms with Gasteiger partial charge < -0.3 is 2.85 Å². The fraction of sp³-hybridized carbons (Fsp3) is 0. The molecule has 0 amide bonds. The van der Waals surface area contributed by atoms with Crippen LogP contribution in [0.2, 0.25) is 0 Å². The van der Waals surface area contributed by atoms with E-state index >= 15 is 0 Å². The average molecular weight is 236 g/mol. The van der Waals surface area contributed by atoms with Crippen LogP contribution in [-0.2, 0) is 23.7 Å². The van der Waals surface area contributed by atoms with Crippen LogP contribution in [0.1, 0.15) is 2.85 Å². The van der Waals surface area contributed by atoms with Gasteiger partial charge in [0.15, 0.2) is 0 Å². The van der Waals surface area contributed by atoms with Gasteiger partial charge in [-0.25, -0.2) is 0 Å². The van der Waals surface area contributed by atoms with E-state index in [0.29, 0.717) is 0 Å². The minimum atomic E-state index is 0. The Morgan fingerprint density at radius 2 is 0.857 bits per heavy atom. The van der Waals surface area contributed by atoms with Crippen LogP contribution in [0.4, 0.5) is 0 Å². The van der Waals surface area contributed by atoms with Gasteiger partial charge >= 0.3 is 46.8 Å². The van der Waals surface area contributed by atoms with Gasteiger partial charge in [0, 0.05) is 0 Å². The molecule has 46 valence electrons. The topological polar surface area (TPSA) is 17.1 Å². The Bertz CT molecular complexity index is 18.5. The molecule has 1 nitrogen and oxygen atoms in total. The van der Waals surface area contributed by atoms with E-state index in [1.807, 2.05) is 0 Å². The molecule has 0 rings (SSSR count). The molecule has 7 heteroatoms. The van der Waals surface area contributed by atoms with Crippen LogP contribution < -0.4 is 0 Å². The molecule has 0 aromatic carbocycles. The first kappa shape index (κ1) is 56.8. The van der Waals surface area contributed by atoms with Crippen molar-refractivity contribution in [2.24, 2.45) is 0 Å².